The van der Waals surface area contributed by atoms with Crippen LogP contribution in [0.15, 0.2) is 17.1 Å². The molecule has 0 radical (unpaired) electrons. The van der Waals surface area contributed by atoms with E-state index in [1.165, 1.54) is 11.3 Å². The van der Waals surface area contributed by atoms with Crippen LogP contribution in [0.2, 0.25) is 0 Å². The van der Waals surface area contributed by atoms with Crippen LogP contribution in [-0.2, 0) is 4.79 Å². The molecule has 3 amide bonds. The predicted molar refractivity (Wildman–Crippen MR) is 88.6 cm³/mol. The summed E-state index contributed by atoms with van der Waals surface area (Å²) in [4.78, 5) is 31.1. The van der Waals surface area contributed by atoms with Crippen LogP contribution in [0.3, 0.4) is 0 Å². The lowest BCUT2D eigenvalue weighted by molar-refractivity contribution is -0.119. The minimum Gasteiger partial charge on any atom is -0.353 e. The SMILES string of the molecule is CN=C(c1ccc(C#CC2NC(=O)NC2=O)s1)N1CCNCC1. The molecule has 0 spiro atoms. The van der Waals surface area contributed by atoms with Gasteiger partial charge in [0.25, 0.3) is 5.91 Å². The third-order valence-corrected chi connectivity index (χ3v) is 4.57. The van der Waals surface area contributed by atoms with Gasteiger partial charge in [0.05, 0.1) is 9.75 Å². The quantitative estimate of drug-likeness (QED) is 0.283. The van der Waals surface area contributed by atoms with Crippen molar-refractivity contribution < 1.29 is 9.59 Å². The molecule has 1 unspecified atom stereocenters. The van der Waals surface area contributed by atoms with Crippen LogP contribution < -0.4 is 16.0 Å². The lowest BCUT2D eigenvalue weighted by atomic mass is 10.3. The number of imide groups is 1. The summed E-state index contributed by atoms with van der Waals surface area (Å²) in [6, 6.07) is 2.63. The van der Waals surface area contributed by atoms with Crippen LogP contribution in [0.4, 0.5) is 4.79 Å². The minimum atomic E-state index is -0.777. The number of nitrogens with one attached hydrogen (secondary N) is 3. The summed E-state index contributed by atoms with van der Waals surface area (Å²) in [7, 11) is 1.79. The van der Waals surface area contributed by atoms with Crippen molar-refractivity contribution in [1.29, 1.82) is 0 Å². The highest BCUT2D eigenvalue weighted by Gasteiger charge is 2.27. The Kier molecular flexibility index (Phi) is 4.60. The number of amides is 3. The Labute approximate surface area is 138 Å². The van der Waals surface area contributed by atoms with Gasteiger partial charge in [-0.05, 0) is 12.1 Å². The zero-order chi connectivity index (χ0) is 16.2. The van der Waals surface area contributed by atoms with E-state index in [0.29, 0.717) is 0 Å². The Bertz CT molecular complexity index is 709. The van der Waals surface area contributed by atoms with Crippen molar-refractivity contribution in [2.24, 2.45) is 4.99 Å². The fourth-order valence-corrected chi connectivity index (χ4v) is 3.40. The molecule has 2 saturated heterocycles. The number of piperazine rings is 1. The van der Waals surface area contributed by atoms with Crippen LogP contribution in [0.25, 0.3) is 0 Å². The Morgan fingerprint density at radius 2 is 2.13 bits per heavy atom. The second kappa shape index (κ2) is 6.81. The van der Waals surface area contributed by atoms with Crippen molar-refractivity contribution in [2.45, 2.75) is 6.04 Å². The molecule has 8 heteroatoms. The largest absolute Gasteiger partial charge is 0.353 e. The standard InChI is InChI=1S/C15H17N5O2S/c1-16-13(20-8-6-17-7-9-20)12-5-3-10(23-12)2-4-11-14(21)19-15(22)18-11/h3,5,11,17H,6-9H2,1H3,(H2,18,19,21,22). The lowest BCUT2D eigenvalue weighted by Crippen LogP contribution is -2.46. The van der Waals surface area contributed by atoms with Gasteiger partial charge in [-0.25, -0.2) is 4.79 Å². The molecule has 2 fully saturated rings. The van der Waals surface area contributed by atoms with Crippen LogP contribution >= 0.6 is 11.3 Å². The maximum absolute atomic E-state index is 11.4. The van der Waals surface area contributed by atoms with Gasteiger partial charge in [-0.1, -0.05) is 11.8 Å². The normalized spacial score (nSPS) is 21.5. The monoisotopic (exact) mass is 331 g/mol. The molecular weight excluding hydrogens is 314 g/mol. The van der Waals surface area contributed by atoms with Crippen molar-refractivity contribution in [2.75, 3.05) is 33.2 Å². The third kappa shape index (κ3) is 3.52. The first kappa shape index (κ1) is 15.5. The van der Waals surface area contributed by atoms with Gasteiger partial charge in [-0.3, -0.25) is 15.1 Å². The number of urea groups is 1. The van der Waals surface area contributed by atoms with E-state index in [0.717, 1.165) is 41.8 Å². The number of hydrogen-bond acceptors (Lipinski definition) is 5. The van der Waals surface area contributed by atoms with Gasteiger partial charge in [-0.15, -0.1) is 11.3 Å². The minimum absolute atomic E-state index is 0.407. The molecule has 2 aliphatic heterocycles. The number of carbonyl (C=O) groups is 2. The Balaban J connectivity index is 1.73. The van der Waals surface area contributed by atoms with E-state index in [-0.39, 0.29) is 0 Å². The number of rotatable bonds is 1. The smallest absolute Gasteiger partial charge is 0.322 e. The molecule has 0 bridgehead atoms. The zero-order valence-electron chi connectivity index (χ0n) is 12.7. The highest BCUT2D eigenvalue weighted by molar-refractivity contribution is 7.14. The van der Waals surface area contributed by atoms with Gasteiger partial charge in [0.2, 0.25) is 0 Å². The number of thiophene rings is 1. The van der Waals surface area contributed by atoms with Gasteiger partial charge in [0.15, 0.2) is 6.04 Å². The average Bonchev–Trinajstić information content (AvgIpc) is 3.14. The molecule has 2 aliphatic rings. The molecule has 120 valence electrons. The van der Waals surface area contributed by atoms with Crippen molar-refractivity contribution >= 4 is 29.1 Å². The van der Waals surface area contributed by atoms with Crippen LogP contribution in [0.1, 0.15) is 9.75 Å². The predicted octanol–water partition coefficient (Wildman–Crippen LogP) is -0.411. The summed E-state index contributed by atoms with van der Waals surface area (Å²) in [6.07, 6.45) is 0. The second-order valence-electron chi connectivity index (χ2n) is 5.11. The van der Waals surface area contributed by atoms with E-state index in [4.69, 9.17) is 0 Å². The molecule has 0 saturated carbocycles. The molecule has 3 N–H and O–H groups in total. The zero-order valence-corrected chi connectivity index (χ0v) is 13.5. The molecule has 1 aromatic heterocycles. The van der Waals surface area contributed by atoms with E-state index in [1.807, 2.05) is 12.1 Å². The van der Waals surface area contributed by atoms with Crippen molar-refractivity contribution in [3.05, 3.63) is 21.9 Å². The maximum Gasteiger partial charge on any atom is 0.322 e. The number of carbonyl (C=O) groups excluding carboxylic acids is 2. The highest BCUT2D eigenvalue weighted by Crippen LogP contribution is 2.18. The fraction of sp³-hybridized carbons (Fsp3) is 0.400. The second-order valence-corrected chi connectivity index (χ2v) is 6.20. The van der Waals surface area contributed by atoms with Gasteiger partial charge in [0.1, 0.15) is 5.84 Å². The summed E-state index contributed by atoms with van der Waals surface area (Å²) in [6.45, 7) is 3.76. The Hall–Kier alpha value is -2.37. The first-order valence-corrected chi connectivity index (χ1v) is 8.14. The van der Waals surface area contributed by atoms with Gasteiger partial charge in [0, 0.05) is 33.2 Å². The summed E-state index contributed by atoms with van der Waals surface area (Å²) in [5.74, 6) is 6.29. The number of nitrogens with zero attached hydrogens (tertiary/aromatic N) is 2. The topological polar surface area (TPSA) is 85.8 Å². The summed E-state index contributed by atoms with van der Waals surface area (Å²) in [5, 5.41) is 7.94. The van der Waals surface area contributed by atoms with E-state index < -0.39 is 18.0 Å². The molecule has 3 rings (SSSR count). The molecule has 1 atom stereocenters. The summed E-state index contributed by atoms with van der Waals surface area (Å²) in [5.41, 5.74) is 0. The van der Waals surface area contributed by atoms with Crippen LogP contribution in [-0.4, -0.2) is 61.9 Å². The molecule has 1 aromatic rings. The van der Waals surface area contributed by atoms with E-state index in [1.54, 1.807) is 7.05 Å². The van der Waals surface area contributed by atoms with Crippen LogP contribution in [0, 0.1) is 11.8 Å². The van der Waals surface area contributed by atoms with Gasteiger partial charge < -0.3 is 15.5 Å². The summed E-state index contributed by atoms with van der Waals surface area (Å²) >= 11 is 1.53. The molecule has 7 nitrogen and oxygen atoms in total. The van der Waals surface area contributed by atoms with E-state index in [2.05, 4.69) is 37.7 Å². The first-order chi connectivity index (χ1) is 11.2. The van der Waals surface area contributed by atoms with Gasteiger partial charge >= 0.3 is 6.03 Å². The van der Waals surface area contributed by atoms with Crippen LogP contribution in [0.5, 0.6) is 0 Å². The number of amidine groups is 1. The van der Waals surface area contributed by atoms with Crippen molar-refractivity contribution in [3.8, 4) is 11.8 Å². The molecular formula is C15H17N5O2S. The lowest BCUT2D eigenvalue weighted by Gasteiger charge is -2.29. The Morgan fingerprint density at radius 1 is 1.35 bits per heavy atom. The fourth-order valence-electron chi connectivity index (χ4n) is 2.47. The number of hydrogen-bond donors (Lipinski definition) is 3. The summed E-state index contributed by atoms with van der Waals surface area (Å²) < 4.78 is 0. The van der Waals surface area contributed by atoms with E-state index >= 15 is 0 Å². The number of aliphatic imine (C=N–C) groups is 1. The molecule has 23 heavy (non-hydrogen) atoms. The molecule has 0 aliphatic carbocycles. The highest BCUT2D eigenvalue weighted by atomic mass is 32.1. The van der Waals surface area contributed by atoms with Crippen molar-refractivity contribution in [3.63, 3.8) is 0 Å². The maximum atomic E-state index is 11.4. The average molecular weight is 331 g/mol. The van der Waals surface area contributed by atoms with Crippen molar-refractivity contribution in [1.82, 2.24) is 20.9 Å². The van der Waals surface area contributed by atoms with Gasteiger partial charge in [-0.2, -0.15) is 0 Å². The van der Waals surface area contributed by atoms with E-state index in [9.17, 15) is 9.59 Å². The third-order valence-electron chi connectivity index (χ3n) is 3.57. The first-order valence-electron chi connectivity index (χ1n) is 7.33. The molecule has 0 aromatic carbocycles. The Morgan fingerprint density at radius 3 is 2.78 bits per heavy atom. The molecule has 3 heterocycles.